The Kier molecular flexibility index (Phi) is 4.64. The first kappa shape index (κ1) is 16.6. The fraction of sp³-hybridized carbons (Fsp3) is 0.294. The van der Waals surface area contributed by atoms with E-state index in [1.165, 1.54) is 11.2 Å². The third kappa shape index (κ3) is 3.32. The number of hydrogen-bond donors (Lipinski definition) is 0. The quantitative estimate of drug-likeness (QED) is 0.847. The van der Waals surface area contributed by atoms with Gasteiger partial charge < -0.3 is 4.90 Å². The van der Waals surface area contributed by atoms with E-state index in [-0.39, 0.29) is 10.8 Å². The van der Waals surface area contributed by atoms with Gasteiger partial charge in [0.1, 0.15) is 0 Å². The molecular formula is C17H19N3O3S. The van der Waals surface area contributed by atoms with Crippen molar-refractivity contribution in [2.45, 2.75) is 11.8 Å². The highest BCUT2D eigenvalue weighted by Gasteiger charge is 2.29. The standard InChI is InChI=1S/C17H19N3O3S/c1-14(21)19-10-12-20(13-11-19)24(22,23)17-4-2-15(3-5-17)16-6-8-18-9-7-16/h2-9H,10-13H2,1H3. The van der Waals surface area contributed by atoms with Crippen LogP contribution >= 0.6 is 0 Å². The maximum Gasteiger partial charge on any atom is 0.243 e. The Morgan fingerprint density at radius 3 is 2.00 bits per heavy atom. The maximum atomic E-state index is 12.7. The summed E-state index contributed by atoms with van der Waals surface area (Å²) in [5, 5.41) is 0. The van der Waals surface area contributed by atoms with E-state index in [0.717, 1.165) is 11.1 Å². The van der Waals surface area contributed by atoms with Crippen LogP contribution in [0.3, 0.4) is 0 Å². The van der Waals surface area contributed by atoms with E-state index in [1.54, 1.807) is 41.6 Å². The van der Waals surface area contributed by atoms with Crippen molar-refractivity contribution in [3.8, 4) is 11.1 Å². The van der Waals surface area contributed by atoms with Gasteiger partial charge in [0.2, 0.25) is 15.9 Å². The van der Waals surface area contributed by atoms with E-state index in [1.807, 2.05) is 12.1 Å². The Hall–Kier alpha value is -2.25. The van der Waals surface area contributed by atoms with Crippen LogP contribution in [-0.4, -0.2) is 54.7 Å². The Morgan fingerprint density at radius 2 is 1.46 bits per heavy atom. The van der Waals surface area contributed by atoms with Crippen molar-refractivity contribution in [2.75, 3.05) is 26.2 Å². The number of piperazine rings is 1. The van der Waals surface area contributed by atoms with E-state index < -0.39 is 10.0 Å². The minimum absolute atomic E-state index is 0.0197. The molecule has 1 amide bonds. The van der Waals surface area contributed by atoms with Gasteiger partial charge in [-0.2, -0.15) is 4.31 Å². The summed E-state index contributed by atoms with van der Waals surface area (Å²) in [7, 11) is -3.53. The average Bonchev–Trinajstić information content (AvgIpc) is 2.62. The van der Waals surface area contributed by atoms with Crippen LogP contribution in [0.5, 0.6) is 0 Å². The monoisotopic (exact) mass is 345 g/mol. The maximum absolute atomic E-state index is 12.7. The molecule has 0 spiro atoms. The lowest BCUT2D eigenvalue weighted by atomic mass is 10.1. The molecule has 0 saturated carbocycles. The zero-order chi connectivity index (χ0) is 17.2. The molecular weight excluding hydrogens is 326 g/mol. The largest absolute Gasteiger partial charge is 0.340 e. The second-order valence-corrected chi connectivity index (χ2v) is 7.61. The van der Waals surface area contributed by atoms with Gasteiger partial charge in [0.25, 0.3) is 0 Å². The van der Waals surface area contributed by atoms with Gasteiger partial charge >= 0.3 is 0 Å². The Labute approximate surface area is 141 Å². The molecule has 24 heavy (non-hydrogen) atoms. The number of carbonyl (C=O) groups excluding carboxylic acids is 1. The number of aromatic nitrogens is 1. The minimum Gasteiger partial charge on any atom is -0.340 e. The summed E-state index contributed by atoms with van der Waals surface area (Å²) in [4.78, 5) is 17.3. The zero-order valence-electron chi connectivity index (χ0n) is 13.4. The highest BCUT2D eigenvalue weighted by atomic mass is 32.2. The van der Waals surface area contributed by atoms with E-state index in [9.17, 15) is 13.2 Å². The van der Waals surface area contributed by atoms with Crippen molar-refractivity contribution in [3.63, 3.8) is 0 Å². The summed E-state index contributed by atoms with van der Waals surface area (Å²) >= 11 is 0. The number of carbonyl (C=O) groups is 1. The number of pyridine rings is 1. The molecule has 0 atom stereocenters. The number of benzene rings is 1. The predicted octanol–water partition coefficient (Wildman–Crippen LogP) is 1.60. The third-order valence-electron chi connectivity index (χ3n) is 4.19. The first-order chi connectivity index (χ1) is 11.5. The van der Waals surface area contributed by atoms with Gasteiger partial charge in [0.05, 0.1) is 4.90 Å². The predicted molar refractivity (Wildman–Crippen MR) is 90.7 cm³/mol. The first-order valence-electron chi connectivity index (χ1n) is 7.74. The fourth-order valence-corrected chi connectivity index (χ4v) is 4.18. The van der Waals surface area contributed by atoms with Crippen molar-refractivity contribution in [3.05, 3.63) is 48.8 Å². The van der Waals surface area contributed by atoms with E-state index in [0.29, 0.717) is 26.2 Å². The van der Waals surface area contributed by atoms with Gasteiger partial charge in [-0.25, -0.2) is 8.42 Å². The number of amides is 1. The minimum atomic E-state index is -3.53. The van der Waals surface area contributed by atoms with Crippen LogP contribution in [0.15, 0.2) is 53.7 Å². The number of rotatable bonds is 3. The smallest absolute Gasteiger partial charge is 0.243 e. The van der Waals surface area contributed by atoms with Gasteiger partial charge in [-0.3, -0.25) is 9.78 Å². The number of hydrogen-bond acceptors (Lipinski definition) is 4. The Balaban J connectivity index is 1.77. The van der Waals surface area contributed by atoms with E-state index in [2.05, 4.69) is 4.98 Å². The molecule has 7 heteroatoms. The topological polar surface area (TPSA) is 70.6 Å². The molecule has 1 fully saturated rings. The van der Waals surface area contributed by atoms with Crippen molar-refractivity contribution in [1.82, 2.24) is 14.2 Å². The normalized spacial score (nSPS) is 16.1. The summed E-state index contributed by atoms with van der Waals surface area (Å²) in [5.74, 6) is -0.0197. The molecule has 1 aromatic carbocycles. The van der Waals surface area contributed by atoms with Crippen molar-refractivity contribution >= 4 is 15.9 Å². The lowest BCUT2D eigenvalue weighted by Gasteiger charge is -2.33. The average molecular weight is 345 g/mol. The molecule has 2 heterocycles. The molecule has 126 valence electrons. The summed E-state index contributed by atoms with van der Waals surface area (Å²) in [6.07, 6.45) is 3.41. The first-order valence-corrected chi connectivity index (χ1v) is 9.18. The summed E-state index contributed by atoms with van der Waals surface area (Å²) in [5.41, 5.74) is 1.93. The highest BCUT2D eigenvalue weighted by molar-refractivity contribution is 7.89. The molecule has 0 bridgehead atoms. The van der Waals surface area contributed by atoms with Crippen molar-refractivity contribution in [1.29, 1.82) is 0 Å². The van der Waals surface area contributed by atoms with Gasteiger partial charge in [-0.15, -0.1) is 0 Å². The second kappa shape index (κ2) is 6.70. The summed E-state index contributed by atoms with van der Waals surface area (Å²) in [6.45, 7) is 3.03. The van der Waals surface area contributed by atoms with Gasteiger partial charge in [0, 0.05) is 45.5 Å². The zero-order valence-corrected chi connectivity index (χ0v) is 14.2. The SMILES string of the molecule is CC(=O)N1CCN(S(=O)(=O)c2ccc(-c3ccncc3)cc2)CC1. The van der Waals surface area contributed by atoms with Crippen LogP contribution < -0.4 is 0 Å². The molecule has 0 aliphatic carbocycles. The second-order valence-electron chi connectivity index (χ2n) is 5.67. The molecule has 1 aliphatic heterocycles. The van der Waals surface area contributed by atoms with Crippen LogP contribution in [0.1, 0.15) is 6.92 Å². The summed E-state index contributed by atoms with van der Waals surface area (Å²) in [6, 6.07) is 10.6. The van der Waals surface area contributed by atoms with Crippen LogP contribution in [0.2, 0.25) is 0 Å². The highest BCUT2D eigenvalue weighted by Crippen LogP contribution is 2.23. The summed E-state index contributed by atoms with van der Waals surface area (Å²) < 4.78 is 26.9. The lowest BCUT2D eigenvalue weighted by Crippen LogP contribution is -2.49. The lowest BCUT2D eigenvalue weighted by molar-refractivity contribution is -0.129. The van der Waals surface area contributed by atoms with E-state index in [4.69, 9.17) is 0 Å². The molecule has 1 aliphatic rings. The Morgan fingerprint density at radius 1 is 0.917 bits per heavy atom. The molecule has 6 nitrogen and oxygen atoms in total. The molecule has 3 rings (SSSR count). The van der Waals surface area contributed by atoms with Crippen molar-refractivity contribution in [2.24, 2.45) is 0 Å². The molecule has 1 aromatic heterocycles. The molecule has 0 unspecified atom stereocenters. The van der Waals surface area contributed by atoms with Gasteiger partial charge in [0.15, 0.2) is 0 Å². The molecule has 0 N–H and O–H groups in total. The van der Waals surface area contributed by atoms with Gasteiger partial charge in [-0.05, 0) is 35.4 Å². The van der Waals surface area contributed by atoms with Crippen LogP contribution in [0.25, 0.3) is 11.1 Å². The third-order valence-corrected chi connectivity index (χ3v) is 6.10. The van der Waals surface area contributed by atoms with Crippen molar-refractivity contribution < 1.29 is 13.2 Å². The van der Waals surface area contributed by atoms with Crippen LogP contribution in [-0.2, 0) is 14.8 Å². The fourth-order valence-electron chi connectivity index (χ4n) is 2.76. The van der Waals surface area contributed by atoms with Crippen LogP contribution in [0, 0.1) is 0 Å². The Bertz CT molecular complexity index is 812. The van der Waals surface area contributed by atoms with E-state index >= 15 is 0 Å². The molecule has 0 radical (unpaired) electrons. The molecule has 1 saturated heterocycles. The van der Waals surface area contributed by atoms with Gasteiger partial charge in [-0.1, -0.05) is 12.1 Å². The van der Waals surface area contributed by atoms with Crippen LogP contribution in [0.4, 0.5) is 0 Å². The number of nitrogens with zero attached hydrogens (tertiary/aromatic N) is 3. The number of sulfonamides is 1. The molecule has 2 aromatic rings.